The molecule has 0 bridgehead atoms. The zero-order valence-electron chi connectivity index (χ0n) is 9.83. The SMILES string of the molecule is CCOc1ccc(-c2cncc(C(N)=O)n2)cn1. The van der Waals surface area contributed by atoms with E-state index >= 15 is 0 Å². The van der Waals surface area contributed by atoms with E-state index in [1.807, 2.05) is 6.92 Å². The van der Waals surface area contributed by atoms with Gasteiger partial charge in [-0.1, -0.05) is 0 Å². The molecule has 0 spiro atoms. The quantitative estimate of drug-likeness (QED) is 0.867. The number of ether oxygens (including phenoxy) is 1. The van der Waals surface area contributed by atoms with Gasteiger partial charge in [0.15, 0.2) is 0 Å². The summed E-state index contributed by atoms with van der Waals surface area (Å²) in [5, 5.41) is 0. The van der Waals surface area contributed by atoms with Gasteiger partial charge in [0, 0.05) is 17.8 Å². The van der Waals surface area contributed by atoms with Crippen LogP contribution in [-0.4, -0.2) is 27.5 Å². The third kappa shape index (κ3) is 2.60. The number of amides is 1. The van der Waals surface area contributed by atoms with E-state index in [1.165, 1.54) is 6.20 Å². The molecule has 0 aliphatic carbocycles. The molecule has 0 saturated heterocycles. The summed E-state index contributed by atoms with van der Waals surface area (Å²) in [4.78, 5) is 23.1. The molecule has 0 aromatic carbocycles. The Hall–Kier alpha value is -2.50. The van der Waals surface area contributed by atoms with Gasteiger partial charge >= 0.3 is 0 Å². The zero-order valence-corrected chi connectivity index (χ0v) is 9.83. The number of nitrogens with zero attached hydrogens (tertiary/aromatic N) is 3. The first kappa shape index (κ1) is 12.0. The molecule has 2 aromatic rings. The topological polar surface area (TPSA) is 91.0 Å². The number of hydrogen-bond acceptors (Lipinski definition) is 5. The van der Waals surface area contributed by atoms with Gasteiger partial charge in [0.1, 0.15) is 5.69 Å². The van der Waals surface area contributed by atoms with Gasteiger partial charge in [-0.15, -0.1) is 0 Å². The third-order valence-corrected chi connectivity index (χ3v) is 2.21. The van der Waals surface area contributed by atoms with Crippen LogP contribution < -0.4 is 10.5 Å². The Morgan fingerprint density at radius 1 is 1.33 bits per heavy atom. The van der Waals surface area contributed by atoms with Crippen LogP contribution in [0.4, 0.5) is 0 Å². The van der Waals surface area contributed by atoms with Crippen molar-refractivity contribution in [1.29, 1.82) is 0 Å². The smallest absolute Gasteiger partial charge is 0.268 e. The van der Waals surface area contributed by atoms with Crippen LogP contribution >= 0.6 is 0 Å². The van der Waals surface area contributed by atoms with E-state index < -0.39 is 5.91 Å². The van der Waals surface area contributed by atoms with Crippen LogP contribution in [0.3, 0.4) is 0 Å². The second kappa shape index (κ2) is 5.22. The molecule has 0 unspecified atom stereocenters. The van der Waals surface area contributed by atoms with Gasteiger partial charge in [-0.25, -0.2) is 9.97 Å². The van der Waals surface area contributed by atoms with Gasteiger partial charge in [-0.3, -0.25) is 9.78 Å². The van der Waals surface area contributed by atoms with Crippen molar-refractivity contribution in [2.75, 3.05) is 6.61 Å². The second-order valence-electron chi connectivity index (χ2n) is 3.47. The number of pyridine rings is 1. The molecule has 0 atom stereocenters. The number of carbonyl (C=O) groups excluding carboxylic acids is 1. The predicted octanol–water partition coefficient (Wildman–Crippen LogP) is 1.04. The molecule has 0 aliphatic rings. The monoisotopic (exact) mass is 244 g/mol. The van der Waals surface area contributed by atoms with Crippen molar-refractivity contribution in [1.82, 2.24) is 15.0 Å². The van der Waals surface area contributed by atoms with Crippen LogP contribution in [0.25, 0.3) is 11.3 Å². The van der Waals surface area contributed by atoms with Crippen molar-refractivity contribution in [3.8, 4) is 17.1 Å². The standard InChI is InChI=1S/C12H12N4O2/c1-2-18-11-4-3-8(5-15-11)9-6-14-7-10(16-9)12(13)17/h3-7H,2H2,1H3,(H2,13,17). The average molecular weight is 244 g/mol. The number of hydrogen-bond donors (Lipinski definition) is 1. The Bertz CT molecular complexity index is 554. The van der Waals surface area contributed by atoms with Crippen molar-refractivity contribution in [2.24, 2.45) is 5.73 Å². The van der Waals surface area contributed by atoms with Crippen LogP contribution in [0.1, 0.15) is 17.4 Å². The van der Waals surface area contributed by atoms with Gasteiger partial charge in [-0.05, 0) is 13.0 Å². The largest absolute Gasteiger partial charge is 0.478 e. The highest BCUT2D eigenvalue weighted by Gasteiger charge is 2.06. The van der Waals surface area contributed by atoms with E-state index in [9.17, 15) is 4.79 Å². The fraction of sp³-hybridized carbons (Fsp3) is 0.167. The second-order valence-corrected chi connectivity index (χ2v) is 3.47. The fourth-order valence-corrected chi connectivity index (χ4v) is 1.39. The summed E-state index contributed by atoms with van der Waals surface area (Å²) in [6.45, 7) is 2.45. The average Bonchev–Trinajstić information content (AvgIpc) is 2.40. The third-order valence-electron chi connectivity index (χ3n) is 2.21. The fourth-order valence-electron chi connectivity index (χ4n) is 1.39. The zero-order chi connectivity index (χ0) is 13.0. The highest BCUT2D eigenvalue weighted by atomic mass is 16.5. The molecule has 1 amide bonds. The molecule has 0 radical (unpaired) electrons. The Kier molecular flexibility index (Phi) is 3.47. The van der Waals surface area contributed by atoms with E-state index in [-0.39, 0.29) is 5.69 Å². The molecule has 2 N–H and O–H groups in total. The van der Waals surface area contributed by atoms with Crippen LogP contribution in [0.15, 0.2) is 30.7 Å². The van der Waals surface area contributed by atoms with E-state index in [0.717, 1.165) is 5.56 Å². The lowest BCUT2D eigenvalue weighted by Gasteiger charge is -2.04. The lowest BCUT2D eigenvalue weighted by molar-refractivity contribution is 0.0995. The highest BCUT2D eigenvalue weighted by Crippen LogP contribution is 2.17. The highest BCUT2D eigenvalue weighted by molar-refractivity contribution is 5.90. The summed E-state index contributed by atoms with van der Waals surface area (Å²) in [6, 6.07) is 3.53. The Balaban J connectivity index is 2.30. The molecule has 2 aromatic heterocycles. The molecule has 0 fully saturated rings. The van der Waals surface area contributed by atoms with E-state index in [2.05, 4.69) is 15.0 Å². The maximum absolute atomic E-state index is 11.0. The maximum Gasteiger partial charge on any atom is 0.268 e. The summed E-state index contributed by atoms with van der Waals surface area (Å²) >= 11 is 0. The van der Waals surface area contributed by atoms with Crippen molar-refractivity contribution < 1.29 is 9.53 Å². The van der Waals surface area contributed by atoms with Crippen LogP contribution in [0.5, 0.6) is 5.88 Å². The van der Waals surface area contributed by atoms with E-state index in [1.54, 1.807) is 24.5 Å². The number of carbonyl (C=O) groups is 1. The van der Waals surface area contributed by atoms with Crippen LogP contribution in [-0.2, 0) is 0 Å². The summed E-state index contributed by atoms with van der Waals surface area (Å²) in [6.07, 6.45) is 4.48. The molecule has 6 nitrogen and oxygen atoms in total. The Morgan fingerprint density at radius 2 is 2.17 bits per heavy atom. The van der Waals surface area contributed by atoms with E-state index in [4.69, 9.17) is 10.5 Å². The van der Waals surface area contributed by atoms with Crippen LogP contribution in [0, 0.1) is 0 Å². The molecular weight excluding hydrogens is 232 g/mol. The first-order chi connectivity index (χ1) is 8.70. The van der Waals surface area contributed by atoms with Gasteiger partial charge in [0.05, 0.1) is 24.7 Å². The molecular formula is C12H12N4O2. The molecule has 2 heterocycles. The lowest BCUT2D eigenvalue weighted by Crippen LogP contribution is -2.13. The van der Waals surface area contributed by atoms with Gasteiger partial charge in [-0.2, -0.15) is 0 Å². The minimum Gasteiger partial charge on any atom is -0.478 e. The maximum atomic E-state index is 11.0. The Morgan fingerprint density at radius 3 is 2.78 bits per heavy atom. The van der Waals surface area contributed by atoms with Crippen LogP contribution in [0.2, 0.25) is 0 Å². The lowest BCUT2D eigenvalue weighted by atomic mass is 10.2. The van der Waals surface area contributed by atoms with Gasteiger partial charge in [0.2, 0.25) is 5.88 Å². The summed E-state index contributed by atoms with van der Waals surface area (Å²) in [7, 11) is 0. The molecule has 92 valence electrons. The van der Waals surface area contributed by atoms with Gasteiger partial charge in [0.25, 0.3) is 5.91 Å². The first-order valence-electron chi connectivity index (χ1n) is 5.41. The normalized spacial score (nSPS) is 10.1. The summed E-state index contributed by atoms with van der Waals surface area (Å²) in [5.41, 5.74) is 6.56. The number of nitrogens with two attached hydrogens (primary N) is 1. The predicted molar refractivity (Wildman–Crippen MR) is 64.9 cm³/mol. The molecule has 0 saturated carbocycles. The Labute approximate surface area is 104 Å². The molecule has 2 rings (SSSR count). The van der Waals surface area contributed by atoms with Gasteiger partial charge < -0.3 is 10.5 Å². The molecule has 18 heavy (non-hydrogen) atoms. The van der Waals surface area contributed by atoms with E-state index in [0.29, 0.717) is 18.2 Å². The minimum absolute atomic E-state index is 0.126. The minimum atomic E-state index is -0.608. The van der Waals surface area contributed by atoms with Crippen molar-refractivity contribution in [3.05, 3.63) is 36.4 Å². The first-order valence-corrected chi connectivity index (χ1v) is 5.41. The summed E-state index contributed by atoms with van der Waals surface area (Å²) in [5.74, 6) is -0.0662. The molecule has 0 aliphatic heterocycles. The number of aromatic nitrogens is 3. The summed E-state index contributed by atoms with van der Waals surface area (Å²) < 4.78 is 5.24. The number of primary amides is 1. The molecule has 6 heteroatoms. The number of rotatable bonds is 4. The van der Waals surface area contributed by atoms with Crippen molar-refractivity contribution >= 4 is 5.91 Å². The van der Waals surface area contributed by atoms with Crippen molar-refractivity contribution in [2.45, 2.75) is 6.92 Å². The van der Waals surface area contributed by atoms with Crippen molar-refractivity contribution in [3.63, 3.8) is 0 Å².